The summed E-state index contributed by atoms with van der Waals surface area (Å²) < 4.78 is 15.9. The molecule has 0 bridgehead atoms. The highest BCUT2D eigenvalue weighted by Crippen LogP contribution is 2.13. The van der Waals surface area contributed by atoms with Gasteiger partial charge in [-0.1, -0.05) is 36.4 Å². The predicted octanol–water partition coefficient (Wildman–Crippen LogP) is 3.71. The van der Waals surface area contributed by atoms with Gasteiger partial charge in [0.05, 0.1) is 26.4 Å². The number of amides is 2. The predicted molar refractivity (Wildman–Crippen MR) is 106 cm³/mol. The van der Waals surface area contributed by atoms with Gasteiger partial charge in [-0.05, 0) is 35.7 Å². The van der Waals surface area contributed by atoms with Gasteiger partial charge in [-0.25, -0.2) is 4.79 Å². The summed E-state index contributed by atoms with van der Waals surface area (Å²) in [4.78, 5) is 12.2. The maximum atomic E-state index is 12.2. The molecule has 0 heterocycles. The topological polar surface area (TPSA) is 68.8 Å². The van der Waals surface area contributed by atoms with Crippen molar-refractivity contribution >= 4 is 11.7 Å². The zero-order valence-electron chi connectivity index (χ0n) is 16.0. The minimum Gasteiger partial charge on any atom is -0.382 e. The lowest BCUT2D eigenvalue weighted by atomic mass is 10.1. The average Bonchev–Trinajstić information content (AvgIpc) is 2.69. The van der Waals surface area contributed by atoms with Gasteiger partial charge in [0.2, 0.25) is 0 Å². The molecule has 2 aromatic carbocycles. The molecular formula is C21H28N2O4. The second kappa shape index (κ2) is 12.1. The molecule has 0 atom stereocenters. The number of ether oxygens (including phenoxy) is 3. The molecular weight excluding hydrogens is 344 g/mol. The zero-order chi connectivity index (χ0) is 19.3. The van der Waals surface area contributed by atoms with Crippen molar-refractivity contribution in [3.05, 3.63) is 65.2 Å². The SMILES string of the molecule is CCOCc1ccccc1CNC(=O)Nc1cccc(COCCOC)c1. The highest BCUT2D eigenvalue weighted by atomic mass is 16.5. The van der Waals surface area contributed by atoms with Crippen LogP contribution in [0.5, 0.6) is 0 Å². The maximum absolute atomic E-state index is 12.2. The fraction of sp³-hybridized carbons (Fsp3) is 0.381. The largest absolute Gasteiger partial charge is 0.382 e. The molecule has 0 fully saturated rings. The van der Waals surface area contributed by atoms with Crippen LogP contribution >= 0.6 is 0 Å². The van der Waals surface area contributed by atoms with E-state index in [1.54, 1.807) is 7.11 Å². The Labute approximate surface area is 160 Å². The van der Waals surface area contributed by atoms with Crippen LogP contribution in [-0.2, 0) is 34.0 Å². The van der Waals surface area contributed by atoms with Gasteiger partial charge in [-0.15, -0.1) is 0 Å². The molecule has 2 N–H and O–H groups in total. The van der Waals surface area contributed by atoms with Crippen LogP contribution in [0.15, 0.2) is 48.5 Å². The summed E-state index contributed by atoms with van der Waals surface area (Å²) in [5.41, 5.74) is 3.84. The Kier molecular flexibility index (Phi) is 9.34. The first kappa shape index (κ1) is 20.9. The Morgan fingerprint density at radius 3 is 2.56 bits per heavy atom. The quantitative estimate of drug-likeness (QED) is 0.590. The first-order valence-corrected chi connectivity index (χ1v) is 9.08. The second-order valence-corrected chi connectivity index (χ2v) is 5.96. The van der Waals surface area contributed by atoms with E-state index in [-0.39, 0.29) is 6.03 Å². The van der Waals surface area contributed by atoms with E-state index < -0.39 is 0 Å². The van der Waals surface area contributed by atoms with Crippen LogP contribution in [0.1, 0.15) is 23.6 Å². The molecule has 0 aromatic heterocycles. The Bertz CT molecular complexity index is 706. The molecule has 0 saturated carbocycles. The van der Waals surface area contributed by atoms with Crippen LogP contribution in [0.25, 0.3) is 0 Å². The molecule has 6 heteroatoms. The van der Waals surface area contributed by atoms with Crippen molar-refractivity contribution in [2.75, 3.05) is 32.2 Å². The van der Waals surface area contributed by atoms with Crippen LogP contribution in [0.2, 0.25) is 0 Å². The van der Waals surface area contributed by atoms with E-state index in [4.69, 9.17) is 14.2 Å². The van der Waals surface area contributed by atoms with E-state index in [0.29, 0.717) is 39.6 Å². The van der Waals surface area contributed by atoms with Gasteiger partial charge in [-0.3, -0.25) is 0 Å². The van der Waals surface area contributed by atoms with Gasteiger partial charge in [0.15, 0.2) is 0 Å². The summed E-state index contributed by atoms with van der Waals surface area (Å²) >= 11 is 0. The number of urea groups is 1. The van der Waals surface area contributed by atoms with Crippen LogP contribution in [0, 0.1) is 0 Å². The molecule has 146 valence electrons. The molecule has 0 saturated heterocycles. The fourth-order valence-corrected chi connectivity index (χ4v) is 2.50. The third kappa shape index (κ3) is 7.78. The molecule has 2 amide bonds. The first-order valence-electron chi connectivity index (χ1n) is 9.08. The summed E-state index contributed by atoms with van der Waals surface area (Å²) in [5.74, 6) is 0. The van der Waals surface area contributed by atoms with Crippen molar-refractivity contribution in [2.24, 2.45) is 0 Å². The molecule has 0 unspecified atom stereocenters. The number of hydrogen-bond acceptors (Lipinski definition) is 4. The lowest BCUT2D eigenvalue weighted by Crippen LogP contribution is -2.28. The van der Waals surface area contributed by atoms with Gasteiger partial charge in [0.25, 0.3) is 0 Å². The summed E-state index contributed by atoms with van der Waals surface area (Å²) in [6, 6.07) is 15.3. The van der Waals surface area contributed by atoms with E-state index in [9.17, 15) is 4.79 Å². The van der Waals surface area contributed by atoms with Gasteiger partial charge < -0.3 is 24.8 Å². The monoisotopic (exact) mass is 372 g/mol. The lowest BCUT2D eigenvalue weighted by Gasteiger charge is -2.12. The van der Waals surface area contributed by atoms with Gasteiger partial charge in [0, 0.05) is 25.9 Å². The third-order valence-corrected chi connectivity index (χ3v) is 3.90. The number of anilines is 1. The van der Waals surface area contributed by atoms with Crippen LogP contribution in [0.3, 0.4) is 0 Å². The van der Waals surface area contributed by atoms with Crippen molar-refractivity contribution in [2.45, 2.75) is 26.7 Å². The van der Waals surface area contributed by atoms with E-state index in [2.05, 4.69) is 10.6 Å². The molecule has 0 aliphatic rings. The summed E-state index contributed by atoms with van der Waals surface area (Å²) in [6.45, 7) is 5.18. The van der Waals surface area contributed by atoms with Crippen molar-refractivity contribution < 1.29 is 19.0 Å². The Hall–Kier alpha value is -2.41. The fourth-order valence-electron chi connectivity index (χ4n) is 2.50. The summed E-state index contributed by atoms with van der Waals surface area (Å²) in [7, 11) is 1.64. The molecule has 0 aliphatic heterocycles. The molecule has 2 rings (SSSR count). The Morgan fingerprint density at radius 1 is 0.963 bits per heavy atom. The third-order valence-electron chi connectivity index (χ3n) is 3.90. The van der Waals surface area contributed by atoms with Crippen molar-refractivity contribution in [1.82, 2.24) is 5.32 Å². The molecule has 0 spiro atoms. The Morgan fingerprint density at radius 2 is 1.78 bits per heavy atom. The summed E-state index contributed by atoms with van der Waals surface area (Å²) in [6.07, 6.45) is 0. The molecule has 2 aromatic rings. The number of benzene rings is 2. The van der Waals surface area contributed by atoms with E-state index in [1.165, 1.54) is 0 Å². The number of rotatable bonds is 11. The van der Waals surface area contributed by atoms with Gasteiger partial charge >= 0.3 is 6.03 Å². The first-order chi connectivity index (χ1) is 13.2. The molecule has 0 radical (unpaired) electrons. The van der Waals surface area contributed by atoms with Crippen LogP contribution in [-0.4, -0.2) is 33.0 Å². The minimum atomic E-state index is -0.251. The highest BCUT2D eigenvalue weighted by molar-refractivity contribution is 5.89. The summed E-state index contributed by atoms with van der Waals surface area (Å²) in [5, 5.41) is 5.75. The standard InChI is InChI=1S/C21H28N2O4/c1-3-26-16-19-9-5-4-8-18(19)14-22-21(24)23-20-10-6-7-17(13-20)15-27-12-11-25-2/h4-10,13H,3,11-12,14-16H2,1-2H3,(H2,22,23,24). The van der Waals surface area contributed by atoms with Crippen molar-refractivity contribution in [1.29, 1.82) is 0 Å². The minimum absolute atomic E-state index is 0.251. The smallest absolute Gasteiger partial charge is 0.319 e. The van der Waals surface area contributed by atoms with Crippen LogP contribution < -0.4 is 10.6 Å². The van der Waals surface area contributed by atoms with Crippen LogP contribution in [0.4, 0.5) is 10.5 Å². The number of carbonyl (C=O) groups is 1. The zero-order valence-corrected chi connectivity index (χ0v) is 16.0. The molecule has 27 heavy (non-hydrogen) atoms. The molecule has 6 nitrogen and oxygen atoms in total. The highest BCUT2D eigenvalue weighted by Gasteiger charge is 2.06. The van der Waals surface area contributed by atoms with Crippen molar-refractivity contribution in [3.63, 3.8) is 0 Å². The van der Waals surface area contributed by atoms with E-state index in [0.717, 1.165) is 22.4 Å². The number of nitrogens with one attached hydrogen (secondary N) is 2. The number of carbonyl (C=O) groups excluding carboxylic acids is 1. The maximum Gasteiger partial charge on any atom is 0.319 e. The van der Waals surface area contributed by atoms with E-state index in [1.807, 2.05) is 55.5 Å². The second-order valence-electron chi connectivity index (χ2n) is 5.96. The van der Waals surface area contributed by atoms with Gasteiger partial charge in [-0.2, -0.15) is 0 Å². The molecule has 0 aliphatic carbocycles. The number of methoxy groups -OCH3 is 1. The van der Waals surface area contributed by atoms with Gasteiger partial charge in [0.1, 0.15) is 0 Å². The van der Waals surface area contributed by atoms with Crippen molar-refractivity contribution in [3.8, 4) is 0 Å². The average molecular weight is 372 g/mol. The normalized spacial score (nSPS) is 10.6. The number of hydrogen-bond donors (Lipinski definition) is 2. The lowest BCUT2D eigenvalue weighted by molar-refractivity contribution is 0.0617. The Balaban J connectivity index is 1.84. The van der Waals surface area contributed by atoms with E-state index >= 15 is 0 Å².